The second-order valence-electron chi connectivity index (χ2n) is 5.88. The smallest absolute Gasteiger partial charge is 0.106 e. The molecule has 3 nitrogen and oxygen atoms in total. The van der Waals surface area contributed by atoms with Gasteiger partial charge in [-0.05, 0) is 52.5 Å². The largest absolute Gasteiger partial charge is 0.327 e. The van der Waals surface area contributed by atoms with Gasteiger partial charge < -0.3 is 9.88 Å². The Morgan fingerprint density at radius 3 is 2.72 bits per heavy atom. The van der Waals surface area contributed by atoms with Crippen LogP contribution in [0.2, 0.25) is 0 Å². The van der Waals surface area contributed by atoms with E-state index in [0.29, 0.717) is 12.1 Å². The fourth-order valence-electron chi connectivity index (χ4n) is 3.90. The molecule has 1 saturated carbocycles. The van der Waals surface area contributed by atoms with Crippen molar-refractivity contribution < 1.29 is 0 Å². The zero-order valence-electron chi connectivity index (χ0n) is 11.7. The highest BCUT2D eigenvalue weighted by atomic mass is 15.1. The van der Waals surface area contributed by atoms with Crippen LogP contribution in [0, 0.1) is 6.92 Å². The Hall–Kier alpha value is -0.830. The fraction of sp³-hybridized carbons (Fsp3) is 0.800. The number of nitrogens with one attached hydrogen (secondary N) is 1. The lowest BCUT2D eigenvalue weighted by Crippen LogP contribution is -2.38. The van der Waals surface area contributed by atoms with E-state index in [4.69, 9.17) is 4.98 Å². The highest BCUT2D eigenvalue weighted by Crippen LogP contribution is 2.33. The summed E-state index contributed by atoms with van der Waals surface area (Å²) in [4.78, 5) is 4.83. The molecule has 3 heteroatoms. The van der Waals surface area contributed by atoms with Gasteiger partial charge in [0.2, 0.25) is 0 Å². The van der Waals surface area contributed by atoms with Crippen molar-refractivity contribution >= 4 is 0 Å². The zero-order valence-corrected chi connectivity index (χ0v) is 11.7. The van der Waals surface area contributed by atoms with Gasteiger partial charge in [-0.25, -0.2) is 4.98 Å². The number of aryl methyl sites for hydroxylation is 2. The number of rotatable bonds is 2. The maximum Gasteiger partial charge on any atom is 0.106 e. The molecule has 18 heavy (non-hydrogen) atoms. The minimum absolute atomic E-state index is 0.637. The molecule has 0 radical (unpaired) electrons. The van der Waals surface area contributed by atoms with Gasteiger partial charge in [-0.15, -0.1) is 0 Å². The number of imidazole rings is 1. The van der Waals surface area contributed by atoms with E-state index in [-0.39, 0.29) is 0 Å². The maximum absolute atomic E-state index is 4.83. The first-order chi connectivity index (χ1) is 8.81. The molecule has 1 aromatic rings. The quantitative estimate of drug-likeness (QED) is 0.871. The van der Waals surface area contributed by atoms with E-state index >= 15 is 0 Å². The second kappa shape index (κ2) is 5.04. The molecule has 2 aliphatic carbocycles. The van der Waals surface area contributed by atoms with E-state index in [0.717, 1.165) is 0 Å². The molecule has 0 amide bonds. The molecule has 0 aromatic carbocycles. The molecule has 1 aromatic heterocycles. The van der Waals surface area contributed by atoms with E-state index in [1.54, 1.807) is 5.69 Å². The Balaban J connectivity index is 1.97. The van der Waals surface area contributed by atoms with E-state index < -0.39 is 0 Å². The molecule has 1 N–H and O–H groups in total. The summed E-state index contributed by atoms with van der Waals surface area (Å²) in [5, 5.41) is 3.53. The number of aromatic nitrogens is 2. The minimum atomic E-state index is 0.637. The van der Waals surface area contributed by atoms with Crippen molar-refractivity contribution in [2.45, 2.75) is 70.4 Å². The molecule has 2 atom stereocenters. The molecular weight excluding hydrogens is 222 g/mol. The molecule has 2 unspecified atom stereocenters. The average molecular weight is 247 g/mol. The number of fused-ring (bicyclic) bond motifs is 1. The molecule has 1 heterocycles. The summed E-state index contributed by atoms with van der Waals surface area (Å²) < 4.78 is 2.58. The van der Waals surface area contributed by atoms with E-state index in [1.807, 2.05) is 0 Å². The Bertz CT molecular complexity index is 422. The molecule has 2 aliphatic rings. The number of hydrogen-bond acceptors (Lipinski definition) is 2. The maximum atomic E-state index is 4.83. The van der Waals surface area contributed by atoms with Gasteiger partial charge in [-0.1, -0.05) is 12.8 Å². The van der Waals surface area contributed by atoms with Gasteiger partial charge in [0.15, 0.2) is 0 Å². The Morgan fingerprint density at radius 2 is 1.89 bits per heavy atom. The Morgan fingerprint density at radius 1 is 1.11 bits per heavy atom. The summed E-state index contributed by atoms with van der Waals surface area (Å²) in [7, 11) is 2.11. The third-order valence-corrected chi connectivity index (χ3v) is 4.78. The van der Waals surface area contributed by atoms with Crippen LogP contribution < -0.4 is 5.32 Å². The molecule has 1 fully saturated rings. The highest BCUT2D eigenvalue weighted by molar-refractivity contribution is 5.21. The van der Waals surface area contributed by atoms with Crippen LogP contribution in [0.25, 0.3) is 0 Å². The van der Waals surface area contributed by atoms with Crippen molar-refractivity contribution in [2.75, 3.05) is 7.05 Å². The number of hydrogen-bond donors (Lipinski definition) is 1. The van der Waals surface area contributed by atoms with Gasteiger partial charge in [0.1, 0.15) is 5.82 Å². The van der Waals surface area contributed by atoms with Gasteiger partial charge >= 0.3 is 0 Å². The first-order valence-corrected chi connectivity index (χ1v) is 7.55. The van der Waals surface area contributed by atoms with Crippen molar-refractivity contribution in [1.82, 2.24) is 14.9 Å². The average Bonchev–Trinajstić information content (AvgIpc) is 2.74. The second-order valence-corrected chi connectivity index (χ2v) is 5.88. The number of nitrogens with zero attached hydrogens (tertiary/aromatic N) is 2. The topological polar surface area (TPSA) is 29.9 Å². The third kappa shape index (κ3) is 1.99. The van der Waals surface area contributed by atoms with Crippen LogP contribution in [0.3, 0.4) is 0 Å². The molecule has 100 valence electrons. The standard InChI is InChI=1S/C15H25N3/c1-11-17-13-8-4-6-10-15(13)18(11)14-9-5-3-7-12(14)16-2/h12,14,16H,3-10H2,1-2H3. The lowest BCUT2D eigenvalue weighted by molar-refractivity contribution is 0.265. The summed E-state index contributed by atoms with van der Waals surface area (Å²) in [6.07, 6.45) is 10.5. The first kappa shape index (κ1) is 12.2. The summed E-state index contributed by atoms with van der Waals surface area (Å²) in [6, 6.07) is 1.27. The first-order valence-electron chi connectivity index (χ1n) is 7.55. The lowest BCUT2D eigenvalue weighted by Gasteiger charge is -2.34. The fourth-order valence-corrected chi connectivity index (χ4v) is 3.90. The molecular formula is C15H25N3. The van der Waals surface area contributed by atoms with Gasteiger partial charge in [0.05, 0.1) is 11.7 Å². The van der Waals surface area contributed by atoms with Crippen LogP contribution in [0.1, 0.15) is 61.8 Å². The summed E-state index contributed by atoms with van der Waals surface area (Å²) in [6.45, 7) is 2.19. The van der Waals surface area contributed by atoms with Crippen LogP contribution in [-0.4, -0.2) is 22.6 Å². The predicted octanol–water partition coefficient (Wildman–Crippen LogP) is 2.77. The summed E-state index contributed by atoms with van der Waals surface area (Å²) >= 11 is 0. The van der Waals surface area contributed by atoms with Crippen molar-refractivity contribution in [2.24, 2.45) is 0 Å². The van der Waals surface area contributed by atoms with Gasteiger partial charge in [0.25, 0.3) is 0 Å². The van der Waals surface area contributed by atoms with Crippen molar-refractivity contribution in [3.63, 3.8) is 0 Å². The van der Waals surface area contributed by atoms with Crippen LogP contribution in [0.5, 0.6) is 0 Å². The van der Waals surface area contributed by atoms with Crippen molar-refractivity contribution in [3.8, 4) is 0 Å². The van der Waals surface area contributed by atoms with Crippen LogP contribution in [0.15, 0.2) is 0 Å². The Kier molecular flexibility index (Phi) is 3.42. The summed E-state index contributed by atoms with van der Waals surface area (Å²) in [5.41, 5.74) is 2.94. The molecule has 0 aliphatic heterocycles. The predicted molar refractivity (Wildman–Crippen MR) is 74.0 cm³/mol. The normalized spacial score (nSPS) is 28.1. The van der Waals surface area contributed by atoms with Crippen LogP contribution in [-0.2, 0) is 12.8 Å². The molecule has 0 saturated heterocycles. The molecule has 0 spiro atoms. The monoisotopic (exact) mass is 247 g/mol. The van der Waals surface area contributed by atoms with Gasteiger partial charge in [-0.3, -0.25) is 0 Å². The molecule has 3 rings (SSSR count). The Labute approximate surface area is 110 Å². The molecule has 0 bridgehead atoms. The zero-order chi connectivity index (χ0) is 12.5. The van der Waals surface area contributed by atoms with Crippen molar-refractivity contribution in [3.05, 3.63) is 17.2 Å². The highest BCUT2D eigenvalue weighted by Gasteiger charge is 2.30. The summed E-state index contributed by atoms with van der Waals surface area (Å²) in [5.74, 6) is 1.24. The van der Waals surface area contributed by atoms with E-state index in [9.17, 15) is 0 Å². The van der Waals surface area contributed by atoms with E-state index in [2.05, 4.69) is 23.9 Å². The third-order valence-electron chi connectivity index (χ3n) is 4.78. The van der Waals surface area contributed by atoms with Crippen molar-refractivity contribution in [1.29, 1.82) is 0 Å². The van der Waals surface area contributed by atoms with Gasteiger partial charge in [0, 0.05) is 11.7 Å². The van der Waals surface area contributed by atoms with E-state index in [1.165, 1.54) is 62.9 Å². The SMILES string of the molecule is CNC1CCCCC1n1c(C)nc2c1CCCC2. The minimum Gasteiger partial charge on any atom is -0.327 e. The lowest BCUT2D eigenvalue weighted by atomic mass is 9.89. The van der Waals surface area contributed by atoms with Crippen LogP contribution in [0.4, 0.5) is 0 Å². The van der Waals surface area contributed by atoms with Gasteiger partial charge in [-0.2, -0.15) is 0 Å². The van der Waals surface area contributed by atoms with Crippen LogP contribution >= 0.6 is 0 Å². The number of likely N-dealkylation sites (N-methyl/N-ethyl adjacent to an activating group) is 1.